The number of hydrogen-bond acceptors (Lipinski definition) is 2. The van der Waals surface area contributed by atoms with Crippen LogP contribution in [0.3, 0.4) is 0 Å². The summed E-state index contributed by atoms with van der Waals surface area (Å²) in [5.74, 6) is 0.502. The zero-order valence-corrected chi connectivity index (χ0v) is 9.38. The number of hydrogen-bond donors (Lipinski definition) is 2. The van der Waals surface area contributed by atoms with Crippen molar-refractivity contribution in [2.45, 2.75) is 25.7 Å². The molecule has 8 heteroatoms. The molecule has 0 bridgehead atoms. The van der Waals surface area contributed by atoms with Gasteiger partial charge in [0.05, 0.1) is 6.54 Å². The lowest BCUT2D eigenvalue weighted by atomic mass is 10.3. The highest BCUT2D eigenvalue weighted by molar-refractivity contribution is 5.74. The Morgan fingerprint density at radius 1 is 1.65 bits per heavy atom. The highest BCUT2D eigenvalue weighted by atomic mass is 19.4. The Hall–Kier alpha value is -1.73. The zero-order chi connectivity index (χ0) is 13.1. The van der Waals surface area contributed by atoms with Gasteiger partial charge in [-0.05, 0) is 6.92 Å². The molecule has 0 saturated carbocycles. The quantitative estimate of drug-likeness (QED) is 0.854. The van der Waals surface area contributed by atoms with Crippen LogP contribution in [0.25, 0.3) is 0 Å². The van der Waals surface area contributed by atoms with E-state index in [1.165, 1.54) is 13.2 Å². The lowest BCUT2D eigenvalue weighted by Crippen LogP contribution is -2.47. The SMILES string of the molecule is CC(NC(=O)N(C)Cc1ncc[nH]1)C(F)(F)F. The van der Waals surface area contributed by atoms with Gasteiger partial charge in [0.1, 0.15) is 11.9 Å². The Balaban J connectivity index is 2.48. The summed E-state index contributed by atoms with van der Waals surface area (Å²) in [5, 5.41) is 1.85. The Morgan fingerprint density at radius 3 is 2.76 bits per heavy atom. The molecule has 0 spiro atoms. The second-order valence-corrected chi connectivity index (χ2v) is 3.60. The largest absolute Gasteiger partial charge is 0.408 e. The average molecular weight is 250 g/mol. The Morgan fingerprint density at radius 2 is 2.29 bits per heavy atom. The minimum absolute atomic E-state index is 0.114. The van der Waals surface area contributed by atoms with Crippen LogP contribution in [0.2, 0.25) is 0 Å². The Labute approximate surface area is 96.0 Å². The summed E-state index contributed by atoms with van der Waals surface area (Å²) in [6, 6.07) is -2.68. The van der Waals surface area contributed by atoms with Crippen LogP contribution in [0.4, 0.5) is 18.0 Å². The van der Waals surface area contributed by atoms with Gasteiger partial charge in [-0.15, -0.1) is 0 Å². The number of nitrogens with zero attached hydrogens (tertiary/aromatic N) is 2. The summed E-state index contributed by atoms with van der Waals surface area (Å²) in [5.41, 5.74) is 0. The van der Waals surface area contributed by atoms with E-state index in [9.17, 15) is 18.0 Å². The summed E-state index contributed by atoms with van der Waals surface area (Å²) in [6.07, 6.45) is -1.37. The first-order valence-corrected chi connectivity index (χ1v) is 4.87. The summed E-state index contributed by atoms with van der Waals surface area (Å²) in [7, 11) is 1.39. The van der Waals surface area contributed by atoms with E-state index >= 15 is 0 Å². The summed E-state index contributed by atoms with van der Waals surface area (Å²) >= 11 is 0. The first-order chi connectivity index (χ1) is 7.80. The molecule has 1 heterocycles. The molecular weight excluding hydrogens is 237 g/mol. The number of aromatic nitrogens is 2. The average Bonchev–Trinajstić information content (AvgIpc) is 2.68. The van der Waals surface area contributed by atoms with E-state index in [-0.39, 0.29) is 6.54 Å². The molecule has 0 radical (unpaired) electrons. The number of alkyl halides is 3. The molecule has 1 unspecified atom stereocenters. The fourth-order valence-electron chi connectivity index (χ4n) is 1.06. The predicted octanol–water partition coefficient (Wildman–Crippen LogP) is 1.50. The van der Waals surface area contributed by atoms with Crippen molar-refractivity contribution in [1.82, 2.24) is 20.2 Å². The first kappa shape index (κ1) is 13.3. The van der Waals surface area contributed by atoms with Crippen molar-refractivity contribution in [2.75, 3.05) is 7.05 Å². The number of urea groups is 1. The number of aromatic amines is 1. The van der Waals surface area contributed by atoms with Crippen molar-refractivity contribution < 1.29 is 18.0 Å². The molecule has 1 aromatic rings. The van der Waals surface area contributed by atoms with Gasteiger partial charge < -0.3 is 15.2 Å². The fraction of sp³-hybridized carbons (Fsp3) is 0.556. The van der Waals surface area contributed by atoms with Crippen LogP contribution in [0.15, 0.2) is 12.4 Å². The van der Waals surface area contributed by atoms with Crippen LogP contribution in [0.1, 0.15) is 12.7 Å². The van der Waals surface area contributed by atoms with Crippen LogP contribution in [-0.4, -0.2) is 40.2 Å². The summed E-state index contributed by atoms with van der Waals surface area (Å²) in [4.78, 5) is 19.1. The van der Waals surface area contributed by atoms with Crippen molar-refractivity contribution in [3.63, 3.8) is 0 Å². The minimum atomic E-state index is -4.44. The van der Waals surface area contributed by atoms with Crippen LogP contribution in [-0.2, 0) is 6.54 Å². The van der Waals surface area contributed by atoms with Crippen molar-refractivity contribution >= 4 is 6.03 Å². The topological polar surface area (TPSA) is 61.0 Å². The summed E-state index contributed by atoms with van der Waals surface area (Å²) in [6.45, 7) is 1.00. The zero-order valence-electron chi connectivity index (χ0n) is 9.38. The number of imidazole rings is 1. The predicted molar refractivity (Wildman–Crippen MR) is 54.1 cm³/mol. The van der Waals surface area contributed by atoms with E-state index in [4.69, 9.17) is 0 Å². The Kier molecular flexibility index (Phi) is 3.97. The van der Waals surface area contributed by atoms with Gasteiger partial charge in [-0.2, -0.15) is 13.2 Å². The van der Waals surface area contributed by atoms with Crippen molar-refractivity contribution in [3.8, 4) is 0 Å². The molecule has 17 heavy (non-hydrogen) atoms. The van der Waals surface area contributed by atoms with Crippen molar-refractivity contribution in [1.29, 1.82) is 0 Å². The molecule has 1 aromatic heterocycles. The Bertz CT molecular complexity index is 363. The van der Waals surface area contributed by atoms with Gasteiger partial charge in [-0.1, -0.05) is 0 Å². The van der Waals surface area contributed by atoms with E-state index in [0.717, 1.165) is 11.8 Å². The molecule has 2 N–H and O–H groups in total. The van der Waals surface area contributed by atoms with E-state index < -0.39 is 18.2 Å². The number of carbonyl (C=O) groups excluding carboxylic acids is 1. The van der Waals surface area contributed by atoms with Crippen molar-refractivity contribution in [2.24, 2.45) is 0 Å². The van der Waals surface area contributed by atoms with Gasteiger partial charge in [0, 0.05) is 19.4 Å². The molecule has 0 fully saturated rings. The fourth-order valence-corrected chi connectivity index (χ4v) is 1.06. The van der Waals surface area contributed by atoms with E-state index in [0.29, 0.717) is 5.82 Å². The molecular formula is C9H13F3N4O. The number of nitrogens with one attached hydrogen (secondary N) is 2. The maximum absolute atomic E-state index is 12.2. The third-order valence-electron chi connectivity index (χ3n) is 2.12. The molecule has 1 atom stereocenters. The van der Waals surface area contributed by atoms with E-state index in [1.54, 1.807) is 6.20 Å². The standard InChI is InChI=1S/C9H13F3N4O/c1-6(9(10,11)12)15-8(17)16(2)5-7-13-3-4-14-7/h3-4,6H,5H2,1-2H3,(H,13,14)(H,15,17). The molecule has 0 saturated heterocycles. The van der Waals surface area contributed by atoms with E-state index in [2.05, 4.69) is 9.97 Å². The lowest BCUT2D eigenvalue weighted by Gasteiger charge is -2.22. The third-order valence-corrected chi connectivity index (χ3v) is 2.12. The number of carbonyl (C=O) groups is 1. The van der Waals surface area contributed by atoms with Gasteiger partial charge in [-0.25, -0.2) is 9.78 Å². The monoisotopic (exact) mass is 250 g/mol. The van der Waals surface area contributed by atoms with Crippen LogP contribution >= 0.6 is 0 Å². The number of halogens is 3. The number of H-pyrrole nitrogens is 1. The van der Waals surface area contributed by atoms with Crippen LogP contribution in [0.5, 0.6) is 0 Å². The van der Waals surface area contributed by atoms with E-state index in [1.807, 2.05) is 5.32 Å². The summed E-state index contributed by atoms with van der Waals surface area (Å²) < 4.78 is 36.6. The van der Waals surface area contributed by atoms with Gasteiger partial charge in [0.2, 0.25) is 0 Å². The number of amides is 2. The third kappa shape index (κ3) is 3.97. The van der Waals surface area contributed by atoms with Crippen molar-refractivity contribution in [3.05, 3.63) is 18.2 Å². The molecule has 0 aliphatic carbocycles. The lowest BCUT2D eigenvalue weighted by molar-refractivity contribution is -0.149. The highest BCUT2D eigenvalue weighted by Gasteiger charge is 2.37. The molecule has 0 aromatic carbocycles. The maximum atomic E-state index is 12.2. The van der Waals surface area contributed by atoms with Gasteiger partial charge >= 0.3 is 12.2 Å². The molecule has 5 nitrogen and oxygen atoms in total. The van der Waals surface area contributed by atoms with Crippen LogP contribution in [0, 0.1) is 0 Å². The normalized spacial score (nSPS) is 13.2. The molecule has 0 aliphatic heterocycles. The first-order valence-electron chi connectivity index (χ1n) is 4.87. The maximum Gasteiger partial charge on any atom is 0.408 e. The number of rotatable bonds is 3. The van der Waals surface area contributed by atoms with Gasteiger partial charge in [-0.3, -0.25) is 0 Å². The molecule has 96 valence electrons. The minimum Gasteiger partial charge on any atom is -0.347 e. The van der Waals surface area contributed by atoms with Crippen LogP contribution < -0.4 is 5.32 Å². The smallest absolute Gasteiger partial charge is 0.347 e. The van der Waals surface area contributed by atoms with Gasteiger partial charge in [0.25, 0.3) is 0 Å². The molecule has 0 aliphatic rings. The highest BCUT2D eigenvalue weighted by Crippen LogP contribution is 2.19. The second kappa shape index (κ2) is 5.07. The molecule has 2 amide bonds. The molecule has 1 rings (SSSR count). The second-order valence-electron chi connectivity index (χ2n) is 3.60. The van der Waals surface area contributed by atoms with Gasteiger partial charge in [0.15, 0.2) is 0 Å².